The van der Waals surface area contributed by atoms with Gasteiger partial charge in [0.25, 0.3) is 0 Å². The van der Waals surface area contributed by atoms with Gasteiger partial charge in [0.05, 0.1) is 18.6 Å². The summed E-state index contributed by atoms with van der Waals surface area (Å²) in [5.74, 6) is -0.535. The standard InChI is InChI=1S/C21H23NO4/c23-20(22-9-17(12-4-5-12)18(10-22)21(24)25)8-15-11-26-19-7-14-3-1-2-13(14)6-16(15)19/h6-7,11-12,17-18H,1-5,8-10H2,(H,24,25)/t17-,18+/m1/s1. The Hall–Kier alpha value is -2.30. The van der Waals surface area contributed by atoms with Crippen molar-refractivity contribution in [1.82, 2.24) is 4.90 Å². The molecule has 0 radical (unpaired) electrons. The molecule has 1 aromatic carbocycles. The normalized spacial score (nSPS) is 25.0. The maximum absolute atomic E-state index is 12.8. The molecule has 2 atom stereocenters. The van der Waals surface area contributed by atoms with Crippen LogP contribution in [0.25, 0.3) is 11.0 Å². The Balaban J connectivity index is 1.36. The van der Waals surface area contributed by atoms with Gasteiger partial charge in [-0.2, -0.15) is 0 Å². The predicted molar refractivity (Wildman–Crippen MR) is 95.9 cm³/mol. The van der Waals surface area contributed by atoms with Crippen molar-refractivity contribution in [1.29, 1.82) is 0 Å². The average molecular weight is 353 g/mol. The summed E-state index contributed by atoms with van der Waals surface area (Å²) < 4.78 is 5.70. The van der Waals surface area contributed by atoms with E-state index in [0.29, 0.717) is 19.0 Å². The Kier molecular flexibility index (Phi) is 3.59. The van der Waals surface area contributed by atoms with E-state index >= 15 is 0 Å². The molecule has 0 spiro atoms. The molecular weight excluding hydrogens is 330 g/mol. The fourth-order valence-electron chi connectivity index (χ4n) is 4.86. The maximum atomic E-state index is 12.8. The molecule has 5 heteroatoms. The molecule has 26 heavy (non-hydrogen) atoms. The Bertz CT molecular complexity index is 895. The molecule has 5 nitrogen and oxygen atoms in total. The molecule has 0 bridgehead atoms. The number of carboxylic acids is 1. The number of likely N-dealkylation sites (tertiary alicyclic amines) is 1. The highest BCUT2D eigenvalue weighted by Gasteiger charge is 2.46. The van der Waals surface area contributed by atoms with Gasteiger partial charge in [-0.1, -0.05) is 0 Å². The summed E-state index contributed by atoms with van der Waals surface area (Å²) in [6.07, 6.45) is 7.58. The minimum Gasteiger partial charge on any atom is -0.481 e. The van der Waals surface area contributed by atoms with Crippen LogP contribution in [-0.4, -0.2) is 35.0 Å². The highest BCUT2D eigenvalue weighted by Crippen LogP contribution is 2.44. The summed E-state index contributed by atoms with van der Waals surface area (Å²) in [7, 11) is 0. The van der Waals surface area contributed by atoms with E-state index in [4.69, 9.17) is 4.42 Å². The van der Waals surface area contributed by atoms with Crippen LogP contribution < -0.4 is 0 Å². The first-order valence-corrected chi connectivity index (χ1v) is 9.62. The van der Waals surface area contributed by atoms with Gasteiger partial charge in [0.1, 0.15) is 5.58 Å². The molecule has 1 saturated carbocycles. The smallest absolute Gasteiger partial charge is 0.308 e. The van der Waals surface area contributed by atoms with Crippen molar-refractivity contribution in [2.45, 2.75) is 38.5 Å². The van der Waals surface area contributed by atoms with Crippen LogP contribution in [0.4, 0.5) is 0 Å². The van der Waals surface area contributed by atoms with E-state index in [1.54, 1.807) is 11.2 Å². The van der Waals surface area contributed by atoms with Crippen molar-refractivity contribution in [2.75, 3.05) is 13.1 Å². The molecule has 1 aliphatic heterocycles. The summed E-state index contributed by atoms with van der Waals surface area (Å²) in [6.45, 7) is 0.937. The molecule has 1 saturated heterocycles. The number of fused-ring (bicyclic) bond motifs is 2. The third-order valence-corrected chi connectivity index (χ3v) is 6.47. The lowest BCUT2D eigenvalue weighted by atomic mass is 9.92. The minimum atomic E-state index is -0.762. The van der Waals surface area contributed by atoms with Gasteiger partial charge in [0.15, 0.2) is 0 Å². The molecular formula is C21H23NO4. The van der Waals surface area contributed by atoms with Gasteiger partial charge in [-0.05, 0) is 67.2 Å². The predicted octanol–water partition coefficient (Wildman–Crippen LogP) is 3.03. The summed E-state index contributed by atoms with van der Waals surface area (Å²) in [5.41, 5.74) is 4.50. The van der Waals surface area contributed by atoms with Crippen LogP contribution in [0.1, 0.15) is 36.0 Å². The number of carboxylic acid groups (broad SMARTS) is 1. The molecule has 5 rings (SSSR count). The van der Waals surface area contributed by atoms with Crippen LogP contribution in [0.3, 0.4) is 0 Å². The number of hydrogen-bond donors (Lipinski definition) is 1. The molecule has 2 fully saturated rings. The molecule has 0 unspecified atom stereocenters. The van der Waals surface area contributed by atoms with Crippen molar-refractivity contribution in [2.24, 2.45) is 17.8 Å². The number of furan rings is 1. The zero-order valence-electron chi connectivity index (χ0n) is 14.7. The van der Waals surface area contributed by atoms with E-state index in [1.807, 2.05) is 0 Å². The quantitative estimate of drug-likeness (QED) is 0.917. The lowest BCUT2D eigenvalue weighted by molar-refractivity contribution is -0.142. The molecule has 1 amide bonds. The number of nitrogens with zero attached hydrogens (tertiary/aromatic N) is 1. The number of rotatable bonds is 4. The van der Waals surface area contributed by atoms with Gasteiger partial charge in [-0.3, -0.25) is 9.59 Å². The van der Waals surface area contributed by atoms with E-state index in [9.17, 15) is 14.7 Å². The first-order valence-electron chi connectivity index (χ1n) is 9.62. The van der Waals surface area contributed by atoms with Gasteiger partial charge in [0, 0.05) is 24.0 Å². The van der Waals surface area contributed by atoms with Crippen LogP contribution >= 0.6 is 0 Å². The fraction of sp³-hybridized carbons (Fsp3) is 0.524. The second-order valence-corrected chi connectivity index (χ2v) is 8.15. The second-order valence-electron chi connectivity index (χ2n) is 8.15. The van der Waals surface area contributed by atoms with E-state index in [1.165, 1.54) is 17.5 Å². The number of carbonyl (C=O) groups is 2. The highest BCUT2D eigenvalue weighted by atomic mass is 16.4. The molecule has 1 N–H and O–H groups in total. The SMILES string of the molecule is O=C(O)[C@H]1CN(C(=O)Cc2coc3cc4c(cc23)CCC4)C[C@@H]1C1CC1. The third-order valence-electron chi connectivity index (χ3n) is 6.47. The van der Waals surface area contributed by atoms with Crippen molar-refractivity contribution in [3.05, 3.63) is 35.1 Å². The third kappa shape index (κ3) is 2.61. The highest BCUT2D eigenvalue weighted by molar-refractivity contribution is 5.89. The van der Waals surface area contributed by atoms with Gasteiger partial charge >= 0.3 is 5.97 Å². The number of carbonyl (C=O) groups excluding carboxylic acids is 1. The van der Waals surface area contributed by atoms with Crippen molar-refractivity contribution in [3.8, 4) is 0 Å². The minimum absolute atomic E-state index is 0.0163. The largest absolute Gasteiger partial charge is 0.481 e. The van der Waals surface area contributed by atoms with Gasteiger partial charge < -0.3 is 14.4 Å². The molecule has 2 aliphatic carbocycles. The number of amides is 1. The molecule has 2 aromatic rings. The number of benzene rings is 1. The Labute approximate surface area is 152 Å². The maximum Gasteiger partial charge on any atom is 0.308 e. The van der Waals surface area contributed by atoms with Gasteiger partial charge in [0.2, 0.25) is 5.91 Å². The van der Waals surface area contributed by atoms with Crippen LogP contribution in [-0.2, 0) is 28.9 Å². The summed E-state index contributed by atoms with van der Waals surface area (Å²) >= 11 is 0. The first-order chi connectivity index (χ1) is 12.6. The summed E-state index contributed by atoms with van der Waals surface area (Å²) in [6, 6.07) is 4.30. The van der Waals surface area contributed by atoms with E-state index in [0.717, 1.165) is 42.2 Å². The Morgan fingerprint density at radius 3 is 2.65 bits per heavy atom. The molecule has 136 valence electrons. The Morgan fingerprint density at radius 2 is 1.92 bits per heavy atom. The van der Waals surface area contributed by atoms with Crippen molar-refractivity contribution >= 4 is 22.8 Å². The van der Waals surface area contributed by atoms with Crippen LogP contribution in [0.2, 0.25) is 0 Å². The first kappa shape index (κ1) is 15.9. The number of aliphatic carboxylic acids is 1. The number of aryl methyl sites for hydroxylation is 2. The Morgan fingerprint density at radius 1 is 1.15 bits per heavy atom. The number of hydrogen-bond acceptors (Lipinski definition) is 3. The second kappa shape index (κ2) is 5.86. The fourth-order valence-corrected chi connectivity index (χ4v) is 4.86. The summed E-state index contributed by atoms with van der Waals surface area (Å²) in [4.78, 5) is 26.2. The van der Waals surface area contributed by atoms with E-state index < -0.39 is 11.9 Å². The van der Waals surface area contributed by atoms with Gasteiger partial charge in [-0.25, -0.2) is 0 Å². The van der Waals surface area contributed by atoms with Crippen molar-refractivity contribution < 1.29 is 19.1 Å². The van der Waals surface area contributed by atoms with Crippen LogP contribution in [0.15, 0.2) is 22.8 Å². The molecule has 3 aliphatic rings. The lowest BCUT2D eigenvalue weighted by Gasteiger charge is -2.16. The molecule has 2 heterocycles. The van der Waals surface area contributed by atoms with E-state index in [2.05, 4.69) is 12.1 Å². The lowest BCUT2D eigenvalue weighted by Crippen LogP contribution is -2.31. The zero-order valence-corrected chi connectivity index (χ0v) is 14.7. The van der Waals surface area contributed by atoms with Crippen molar-refractivity contribution in [3.63, 3.8) is 0 Å². The average Bonchev–Trinajstić information content (AvgIpc) is 3.05. The topological polar surface area (TPSA) is 70.8 Å². The monoisotopic (exact) mass is 353 g/mol. The zero-order chi connectivity index (χ0) is 17.8. The summed E-state index contributed by atoms with van der Waals surface area (Å²) in [5, 5.41) is 10.5. The van der Waals surface area contributed by atoms with Gasteiger partial charge in [-0.15, -0.1) is 0 Å². The van der Waals surface area contributed by atoms with Crippen LogP contribution in [0, 0.1) is 17.8 Å². The van der Waals surface area contributed by atoms with Crippen LogP contribution in [0.5, 0.6) is 0 Å². The molecule has 1 aromatic heterocycles. The van der Waals surface area contributed by atoms with E-state index in [-0.39, 0.29) is 18.2 Å².